The summed E-state index contributed by atoms with van der Waals surface area (Å²) in [5.74, 6) is 2.01. The fraction of sp³-hybridized carbons (Fsp3) is 1.00. The van der Waals surface area contributed by atoms with E-state index in [4.69, 9.17) is 0 Å². The second kappa shape index (κ2) is 8.19. The zero-order chi connectivity index (χ0) is 13.4. The van der Waals surface area contributed by atoms with Gasteiger partial charge >= 0.3 is 0 Å². The van der Waals surface area contributed by atoms with Gasteiger partial charge in [-0.05, 0) is 56.0 Å². The highest BCUT2D eigenvalue weighted by Gasteiger charge is 2.29. The van der Waals surface area contributed by atoms with Gasteiger partial charge in [0.15, 0.2) is 0 Å². The molecule has 0 spiro atoms. The van der Waals surface area contributed by atoms with Crippen molar-refractivity contribution in [2.75, 3.05) is 13.1 Å². The molecule has 0 heterocycles. The smallest absolute Gasteiger partial charge is 0.00489 e. The van der Waals surface area contributed by atoms with Crippen LogP contribution in [0, 0.1) is 17.3 Å². The van der Waals surface area contributed by atoms with Gasteiger partial charge < -0.3 is 5.32 Å². The summed E-state index contributed by atoms with van der Waals surface area (Å²) in [5.41, 5.74) is 0.537. The Morgan fingerprint density at radius 1 is 0.944 bits per heavy atom. The van der Waals surface area contributed by atoms with Crippen LogP contribution in [-0.4, -0.2) is 13.1 Å². The molecule has 0 bridgehead atoms. The maximum absolute atomic E-state index is 3.50. The van der Waals surface area contributed by atoms with E-state index < -0.39 is 0 Å². The summed E-state index contributed by atoms with van der Waals surface area (Å²) >= 11 is 0. The Hall–Kier alpha value is -0.0400. The molecule has 1 nitrogen and oxygen atoms in total. The summed E-state index contributed by atoms with van der Waals surface area (Å²) in [4.78, 5) is 0. The lowest BCUT2D eigenvalue weighted by Crippen LogP contribution is -2.26. The van der Waals surface area contributed by atoms with Crippen molar-refractivity contribution in [3.8, 4) is 0 Å². The van der Waals surface area contributed by atoms with E-state index in [1.807, 2.05) is 0 Å². The predicted molar refractivity (Wildman–Crippen MR) is 81.9 cm³/mol. The largest absolute Gasteiger partial charge is 0.317 e. The molecule has 0 radical (unpaired) electrons. The highest BCUT2D eigenvalue weighted by molar-refractivity contribution is 4.80. The minimum Gasteiger partial charge on any atom is -0.317 e. The third-order valence-corrected chi connectivity index (χ3v) is 4.71. The van der Waals surface area contributed by atoms with E-state index in [0.717, 1.165) is 11.8 Å². The molecule has 1 rings (SSSR count). The maximum atomic E-state index is 3.50. The van der Waals surface area contributed by atoms with Gasteiger partial charge in [-0.15, -0.1) is 0 Å². The molecule has 0 atom stereocenters. The van der Waals surface area contributed by atoms with Crippen LogP contribution in [0.4, 0.5) is 0 Å². The summed E-state index contributed by atoms with van der Waals surface area (Å²) in [7, 11) is 0. The summed E-state index contributed by atoms with van der Waals surface area (Å²) in [6.07, 6.45) is 11.5. The van der Waals surface area contributed by atoms with Crippen LogP contribution in [0.15, 0.2) is 0 Å². The van der Waals surface area contributed by atoms with E-state index in [-0.39, 0.29) is 0 Å². The van der Waals surface area contributed by atoms with Crippen LogP contribution in [0.25, 0.3) is 0 Å². The summed E-state index contributed by atoms with van der Waals surface area (Å²) in [5, 5.41) is 3.50. The fourth-order valence-corrected chi connectivity index (χ4v) is 3.30. The molecule has 1 aliphatic carbocycles. The Morgan fingerprint density at radius 2 is 1.61 bits per heavy atom. The lowest BCUT2D eigenvalue weighted by atomic mass is 9.69. The highest BCUT2D eigenvalue weighted by atomic mass is 14.8. The molecule has 0 unspecified atom stereocenters. The van der Waals surface area contributed by atoms with Crippen molar-refractivity contribution in [1.29, 1.82) is 0 Å². The van der Waals surface area contributed by atoms with Gasteiger partial charge in [0.1, 0.15) is 0 Å². The third kappa shape index (κ3) is 6.22. The summed E-state index contributed by atoms with van der Waals surface area (Å²) in [6, 6.07) is 0. The van der Waals surface area contributed by atoms with Crippen LogP contribution in [0.3, 0.4) is 0 Å². The molecule has 0 aromatic rings. The minimum absolute atomic E-state index is 0.537. The maximum Gasteiger partial charge on any atom is -0.00489 e. The molecule has 0 aliphatic heterocycles. The van der Waals surface area contributed by atoms with Crippen LogP contribution in [0.5, 0.6) is 0 Å². The van der Waals surface area contributed by atoms with Gasteiger partial charge in [-0.1, -0.05) is 53.4 Å². The molecule has 1 heteroatoms. The Labute approximate surface area is 115 Å². The monoisotopic (exact) mass is 253 g/mol. The molecule has 18 heavy (non-hydrogen) atoms. The van der Waals surface area contributed by atoms with E-state index in [1.165, 1.54) is 64.5 Å². The molecule has 108 valence electrons. The second-order valence-electron chi connectivity index (χ2n) is 7.33. The van der Waals surface area contributed by atoms with Gasteiger partial charge in [0.2, 0.25) is 0 Å². The van der Waals surface area contributed by atoms with Gasteiger partial charge in [-0.2, -0.15) is 0 Å². The Kier molecular flexibility index (Phi) is 7.29. The van der Waals surface area contributed by atoms with Crippen molar-refractivity contribution in [1.82, 2.24) is 5.32 Å². The summed E-state index contributed by atoms with van der Waals surface area (Å²) < 4.78 is 0. The predicted octanol–water partition coefficient (Wildman–Crippen LogP) is 5.01. The number of hydrogen-bond acceptors (Lipinski definition) is 1. The van der Waals surface area contributed by atoms with Crippen LogP contribution < -0.4 is 5.32 Å². The van der Waals surface area contributed by atoms with E-state index in [2.05, 4.69) is 33.0 Å². The fourth-order valence-electron chi connectivity index (χ4n) is 3.30. The van der Waals surface area contributed by atoms with E-state index in [0.29, 0.717) is 5.41 Å². The molecule has 0 aromatic heterocycles. The van der Waals surface area contributed by atoms with Crippen LogP contribution >= 0.6 is 0 Å². The van der Waals surface area contributed by atoms with Gasteiger partial charge in [-0.25, -0.2) is 0 Å². The molecule has 0 aromatic carbocycles. The normalized spacial score (nSPS) is 25.3. The zero-order valence-corrected chi connectivity index (χ0v) is 13.2. The molecule has 1 N–H and O–H groups in total. The Balaban J connectivity index is 2.02. The molecule has 1 aliphatic rings. The number of rotatable bonds is 7. The number of unbranched alkanes of at least 4 members (excludes halogenated alkanes) is 1. The summed E-state index contributed by atoms with van der Waals surface area (Å²) in [6.45, 7) is 11.9. The van der Waals surface area contributed by atoms with Gasteiger partial charge in [0.25, 0.3) is 0 Å². The topological polar surface area (TPSA) is 12.0 Å². The third-order valence-electron chi connectivity index (χ3n) is 4.71. The van der Waals surface area contributed by atoms with Gasteiger partial charge in [0, 0.05) is 0 Å². The second-order valence-corrected chi connectivity index (χ2v) is 7.33. The highest BCUT2D eigenvalue weighted by Crippen LogP contribution is 2.40. The van der Waals surface area contributed by atoms with Crippen molar-refractivity contribution in [3.05, 3.63) is 0 Å². The lowest BCUT2D eigenvalue weighted by Gasteiger charge is -2.37. The van der Waals surface area contributed by atoms with Crippen LogP contribution in [-0.2, 0) is 0 Å². The van der Waals surface area contributed by atoms with E-state index >= 15 is 0 Å². The first-order valence-corrected chi connectivity index (χ1v) is 8.24. The molecule has 1 fully saturated rings. The quantitative estimate of drug-likeness (QED) is 0.629. The number of nitrogens with one attached hydrogen (secondary N) is 1. The van der Waals surface area contributed by atoms with Crippen molar-refractivity contribution < 1.29 is 0 Å². The minimum atomic E-state index is 0.537. The molecular formula is C17H35N. The first kappa shape index (κ1) is 16.0. The first-order chi connectivity index (χ1) is 8.54. The lowest BCUT2D eigenvalue weighted by molar-refractivity contribution is 0.145. The van der Waals surface area contributed by atoms with Crippen molar-refractivity contribution in [2.24, 2.45) is 17.3 Å². The van der Waals surface area contributed by atoms with E-state index in [1.54, 1.807) is 0 Å². The standard InChI is InChI=1S/C17H35N/c1-5-13-18-14-7-6-8-15-9-11-16(12-10-15)17(2,3)4/h15-16,18H,5-14H2,1-4H3. The van der Waals surface area contributed by atoms with Crippen molar-refractivity contribution in [2.45, 2.75) is 79.1 Å². The van der Waals surface area contributed by atoms with Crippen LogP contribution in [0.1, 0.15) is 79.1 Å². The zero-order valence-electron chi connectivity index (χ0n) is 13.2. The van der Waals surface area contributed by atoms with E-state index in [9.17, 15) is 0 Å². The van der Waals surface area contributed by atoms with Crippen LogP contribution in [0.2, 0.25) is 0 Å². The Morgan fingerprint density at radius 3 is 2.17 bits per heavy atom. The SMILES string of the molecule is CCCNCCCCC1CCC(C(C)(C)C)CC1. The van der Waals surface area contributed by atoms with Crippen molar-refractivity contribution >= 4 is 0 Å². The van der Waals surface area contributed by atoms with Gasteiger partial charge in [-0.3, -0.25) is 0 Å². The molecule has 1 saturated carbocycles. The number of hydrogen-bond donors (Lipinski definition) is 1. The molecule has 0 amide bonds. The average Bonchev–Trinajstić information content (AvgIpc) is 2.33. The van der Waals surface area contributed by atoms with Crippen molar-refractivity contribution in [3.63, 3.8) is 0 Å². The first-order valence-electron chi connectivity index (χ1n) is 8.24. The molecule has 0 saturated heterocycles. The average molecular weight is 253 g/mol. The van der Waals surface area contributed by atoms with Gasteiger partial charge in [0.05, 0.1) is 0 Å². The Bertz CT molecular complexity index is 196. The molecular weight excluding hydrogens is 218 g/mol.